The van der Waals surface area contributed by atoms with Crippen molar-refractivity contribution in [3.05, 3.63) is 95.8 Å². The molecular weight excluding hydrogens is 440 g/mol. The lowest BCUT2D eigenvalue weighted by Gasteiger charge is -2.57. The van der Waals surface area contributed by atoms with Crippen molar-refractivity contribution in [3.8, 4) is 34.2 Å². The Balaban J connectivity index is 1.34. The summed E-state index contributed by atoms with van der Waals surface area (Å²) in [5, 5.41) is 0. The summed E-state index contributed by atoms with van der Waals surface area (Å²) < 4.78 is 0. The molecule has 4 aliphatic rings. The van der Waals surface area contributed by atoms with E-state index in [1.165, 1.54) is 44.1 Å². The molecule has 4 aliphatic carbocycles. The first-order valence-corrected chi connectivity index (χ1v) is 13.1. The Bertz CT molecular complexity index is 1380. The van der Waals surface area contributed by atoms with Crippen LogP contribution < -0.4 is 0 Å². The molecular formula is C32H28N4. The van der Waals surface area contributed by atoms with E-state index in [-0.39, 0.29) is 5.41 Å². The second kappa shape index (κ2) is 8.38. The number of hydrogen-bond acceptors (Lipinski definition) is 3. The SMILES string of the molecule is [C-]#[N+]c1cc(C23CC4CC(CC(C4)C2)C3)ccc1-c1nc(-c2ccccc2)nc(-c2ccccc2)n1. The number of nitrogens with zero attached hydrogens (tertiary/aromatic N) is 4. The lowest BCUT2D eigenvalue weighted by molar-refractivity contribution is -0.00515. The molecule has 0 saturated heterocycles. The molecule has 4 aromatic rings. The lowest BCUT2D eigenvalue weighted by atomic mass is 9.48. The van der Waals surface area contributed by atoms with E-state index in [2.05, 4.69) is 23.0 Å². The Morgan fingerprint density at radius 1 is 0.639 bits per heavy atom. The van der Waals surface area contributed by atoms with Crippen LogP contribution in [0.3, 0.4) is 0 Å². The highest BCUT2D eigenvalue weighted by Crippen LogP contribution is 2.61. The van der Waals surface area contributed by atoms with Gasteiger partial charge in [-0.1, -0.05) is 84.4 Å². The van der Waals surface area contributed by atoms with E-state index in [0.717, 1.165) is 34.4 Å². The molecule has 0 atom stereocenters. The van der Waals surface area contributed by atoms with Gasteiger partial charge in [-0.15, -0.1) is 0 Å². The molecule has 4 bridgehead atoms. The molecule has 0 unspecified atom stereocenters. The quantitative estimate of drug-likeness (QED) is 0.286. The molecule has 4 saturated carbocycles. The van der Waals surface area contributed by atoms with Crippen molar-refractivity contribution in [2.45, 2.75) is 43.9 Å². The van der Waals surface area contributed by atoms with Crippen molar-refractivity contribution in [2.24, 2.45) is 17.8 Å². The number of hydrogen-bond donors (Lipinski definition) is 0. The van der Waals surface area contributed by atoms with Crippen LogP contribution in [0.2, 0.25) is 0 Å². The van der Waals surface area contributed by atoms with Gasteiger partial charge in [-0.2, -0.15) is 0 Å². The summed E-state index contributed by atoms with van der Waals surface area (Å²) in [5.74, 6) is 4.43. The summed E-state index contributed by atoms with van der Waals surface area (Å²) in [6.45, 7) is 8.06. The van der Waals surface area contributed by atoms with Gasteiger partial charge in [0.1, 0.15) is 0 Å². The van der Waals surface area contributed by atoms with Gasteiger partial charge < -0.3 is 0 Å². The van der Waals surface area contributed by atoms with E-state index in [0.29, 0.717) is 23.2 Å². The van der Waals surface area contributed by atoms with Crippen LogP contribution in [-0.2, 0) is 5.41 Å². The highest BCUT2D eigenvalue weighted by molar-refractivity contribution is 5.77. The minimum atomic E-state index is 0.260. The van der Waals surface area contributed by atoms with Gasteiger partial charge in [0.25, 0.3) is 0 Å². The minimum absolute atomic E-state index is 0.260. The van der Waals surface area contributed by atoms with Gasteiger partial charge >= 0.3 is 0 Å². The van der Waals surface area contributed by atoms with E-state index >= 15 is 0 Å². The van der Waals surface area contributed by atoms with Crippen LogP contribution in [-0.4, -0.2) is 15.0 Å². The molecule has 4 fully saturated rings. The second-order valence-corrected chi connectivity index (χ2v) is 11.1. The van der Waals surface area contributed by atoms with Gasteiger partial charge in [0.2, 0.25) is 0 Å². The summed E-state index contributed by atoms with van der Waals surface area (Å²) >= 11 is 0. The normalized spacial score (nSPS) is 26.0. The van der Waals surface area contributed by atoms with Crippen LogP contribution in [0.15, 0.2) is 78.9 Å². The molecule has 4 heteroatoms. The van der Waals surface area contributed by atoms with Crippen LogP contribution in [0.4, 0.5) is 5.69 Å². The number of aromatic nitrogens is 3. The van der Waals surface area contributed by atoms with E-state index < -0.39 is 0 Å². The Morgan fingerprint density at radius 3 is 1.64 bits per heavy atom. The zero-order valence-corrected chi connectivity index (χ0v) is 20.3. The molecule has 1 aromatic heterocycles. The minimum Gasteiger partial charge on any atom is -0.237 e. The van der Waals surface area contributed by atoms with Crippen molar-refractivity contribution in [2.75, 3.05) is 0 Å². The smallest absolute Gasteiger partial charge is 0.198 e. The maximum atomic E-state index is 8.06. The van der Waals surface area contributed by atoms with Crippen molar-refractivity contribution in [1.29, 1.82) is 0 Å². The van der Waals surface area contributed by atoms with Crippen LogP contribution >= 0.6 is 0 Å². The van der Waals surface area contributed by atoms with Crippen LogP contribution in [0.5, 0.6) is 0 Å². The zero-order valence-electron chi connectivity index (χ0n) is 20.3. The Morgan fingerprint density at radius 2 is 1.14 bits per heavy atom. The fourth-order valence-electron chi connectivity index (χ4n) is 7.54. The molecule has 0 amide bonds. The van der Waals surface area contributed by atoms with E-state index in [1.807, 2.05) is 60.7 Å². The van der Waals surface area contributed by atoms with Gasteiger partial charge in [0.05, 0.1) is 6.57 Å². The predicted molar refractivity (Wildman–Crippen MR) is 142 cm³/mol. The Labute approximate surface area is 212 Å². The molecule has 36 heavy (non-hydrogen) atoms. The van der Waals surface area contributed by atoms with Gasteiger partial charge in [0, 0.05) is 16.7 Å². The average Bonchev–Trinajstić information content (AvgIpc) is 2.93. The summed E-state index contributed by atoms with van der Waals surface area (Å²) in [7, 11) is 0. The van der Waals surface area contributed by atoms with Crippen LogP contribution in [0, 0.1) is 24.3 Å². The summed E-state index contributed by atoms with van der Waals surface area (Å²) in [6.07, 6.45) is 8.13. The van der Waals surface area contributed by atoms with Gasteiger partial charge in [-0.05, 0) is 61.7 Å². The molecule has 3 aromatic carbocycles. The second-order valence-electron chi connectivity index (χ2n) is 11.1. The third-order valence-electron chi connectivity index (χ3n) is 8.71. The number of rotatable bonds is 4. The predicted octanol–water partition coefficient (Wildman–Crippen LogP) is 7.89. The molecule has 176 valence electrons. The van der Waals surface area contributed by atoms with Gasteiger partial charge in [-0.3, -0.25) is 0 Å². The molecule has 0 aliphatic heterocycles. The first kappa shape index (κ1) is 21.4. The van der Waals surface area contributed by atoms with Crippen molar-refractivity contribution < 1.29 is 0 Å². The van der Waals surface area contributed by atoms with E-state index in [1.54, 1.807) is 0 Å². The maximum Gasteiger partial charge on any atom is 0.198 e. The Kier molecular flexibility index (Phi) is 4.99. The third-order valence-corrected chi connectivity index (χ3v) is 8.71. The van der Waals surface area contributed by atoms with E-state index in [4.69, 9.17) is 21.5 Å². The first-order chi connectivity index (χ1) is 17.7. The maximum absolute atomic E-state index is 8.06. The van der Waals surface area contributed by atoms with Crippen molar-refractivity contribution >= 4 is 5.69 Å². The molecule has 8 rings (SSSR count). The molecule has 0 radical (unpaired) electrons. The molecule has 0 spiro atoms. The highest BCUT2D eigenvalue weighted by Gasteiger charge is 2.51. The standard InChI is InChI=1S/C32H28N4/c1-33-28-17-26(32-18-21-14-22(19-32)16-23(15-21)20-32)12-13-27(28)31-35-29(24-8-4-2-5-9-24)34-30(36-31)25-10-6-3-7-11-25/h2-13,17,21-23H,14-16,18-20H2. The zero-order chi connectivity index (χ0) is 24.1. The fraction of sp³-hybridized carbons (Fsp3) is 0.312. The fourth-order valence-corrected chi connectivity index (χ4v) is 7.54. The monoisotopic (exact) mass is 468 g/mol. The van der Waals surface area contributed by atoms with Crippen molar-refractivity contribution in [3.63, 3.8) is 0 Å². The largest absolute Gasteiger partial charge is 0.237 e. The van der Waals surface area contributed by atoms with E-state index in [9.17, 15) is 0 Å². The Hall–Kier alpha value is -3.84. The van der Waals surface area contributed by atoms with Crippen molar-refractivity contribution in [1.82, 2.24) is 15.0 Å². The van der Waals surface area contributed by atoms with Gasteiger partial charge in [-0.25, -0.2) is 19.8 Å². The first-order valence-electron chi connectivity index (χ1n) is 13.1. The topological polar surface area (TPSA) is 43.0 Å². The summed E-state index contributed by atoms with van der Waals surface area (Å²) in [6, 6.07) is 26.5. The van der Waals surface area contributed by atoms with Gasteiger partial charge in [0.15, 0.2) is 23.2 Å². The van der Waals surface area contributed by atoms with Crippen LogP contribution in [0.25, 0.3) is 39.0 Å². The third kappa shape index (κ3) is 3.62. The average molecular weight is 469 g/mol. The number of benzene rings is 3. The highest BCUT2D eigenvalue weighted by atomic mass is 15.0. The molecule has 1 heterocycles. The molecule has 4 nitrogen and oxygen atoms in total. The summed E-state index contributed by atoms with van der Waals surface area (Å²) in [5.41, 5.74) is 4.93. The molecule has 0 N–H and O–H groups in total. The lowest BCUT2D eigenvalue weighted by Crippen LogP contribution is -2.48. The van der Waals surface area contributed by atoms with Crippen LogP contribution in [0.1, 0.15) is 44.1 Å². The summed E-state index contributed by atoms with van der Waals surface area (Å²) in [4.78, 5) is 18.5.